The lowest BCUT2D eigenvalue weighted by Crippen LogP contribution is -2.33. The monoisotopic (exact) mass is 428 g/mol. The Morgan fingerprint density at radius 1 is 0.871 bits per heavy atom. The number of carbonyl (C=O) groups excluding carboxylic acids is 1. The number of alkyl halides is 3. The first-order valence-electron chi connectivity index (χ1n) is 9.94. The third-order valence-corrected chi connectivity index (χ3v) is 4.83. The van der Waals surface area contributed by atoms with Crippen LogP contribution in [0.1, 0.15) is 35.1 Å². The van der Waals surface area contributed by atoms with Gasteiger partial charge in [-0.15, -0.1) is 0 Å². The fraction of sp³-hybridized carbons (Fsp3) is 0.240. The van der Waals surface area contributed by atoms with Crippen LogP contribution in [-0.2, 0) is 27.1 Å². The molecule has 3 aromatic rings. The van der Waals surface area contributed by atoms with Gasteiger partial charge in [0.2, 0.25) is 0 Å². The number of ether oxygens (including phenoxy) is 2. The largest absolute Gasteiger partial charge is 0.459 e. The highest BCUT2D eigenvalue weighted by atomic mass is 19.4. The second-order valence-corrected chi connectivity index (χ2v) is 6.98. The molecule has 3 nitrogen and oxygen atoms in total. The van der Waals surface area contributed by atoms with Crippen LogP contribution in [0.2, 0.25) is 0 Å². The average Bonchev–Trinajstić information content (AvgIpc) is 2.78. The molecule has 1 atom stereocenters. The fourth-order valence-electron chi connectivity index (χ4n) is 3.42. The molecule has 0 spiro atoms. The summed E-state index contributed by atoms with van der Waals surface area (Å²) in [5.41, 5.74) is 1.23. The Bertz CT molecular complexity index is 933. The van der Waals surface area contributed by atoms with Crippen molar-refractivity contribution >= 4 is 5.97 Å². The first kappa shape index (κ1) is 22.6. The maximum atomic E-state index is 13.0. The van der Waals surface area contributed by atoms with Gasteiger partial charge in [-0.3, -0.25) is 0 Å². The third kappa shape index (κ3) is 5.95. The van der Waals surface area contributed by atoms with E-state index in [0.29, 0.717) is 0 Å². The van der Waals surface area contributed by atoms with Crippen molar-refractivity contribution in [1.82, 2.24) is 0 Å². The zero-order valence-electron chi connectivity index (χ0n) is 17.0. The highest BCUT2D eigenvalue weighted by molar-refractivity contribution is 5.77. The minimum absolute atomic E-state index is 0.259. The molecule has 0 saturated carbocycles. The molecule has 0 radical (unpaired) electrons. The maximum Gasteiger partial charge on any atom is 0.416 e. The fourth-order valence-corrected chi connectivity index (χ4v) is 3.42. The van der Waals surface area contributed by atoms with E-state index in [2.05, 4.69) is 0 Å². The third-order valence-electron chi connectivity index (χ3n) is 4.83. The summed E-state index contributed by atoms with van der Waals surface area (Å²) >= 11 is 0. The van der Waals surface area contributed by atoms with Gasteiger partial charge in [0.25, 0.3) is 0 Å². The van der Waals surface area contributed by atoms with Crippen LogP contribution < -0.4 is 0 Å². The van der Waals surface area contributed by atoms with Gasteiger partial charge < -0.3 is 9.47 Å². The molecule has 0 aliphatic rings. The smallest absolute Gasteiger partial charge is 0.416 e. The standard InChI is InChI=1S/C25H23F3O3/c1-2-30-23(22(19-11-5-3-6-12-19)20-13-7-4-8-14-20)24(29)31-17-18-10-9-15-21(16-18)25(26,27)28/h3-16,22-23H,2,17H2,1H3. The lowest BCUT2D eigenvalue weighted by atomic mass is 9.86. The summed E-state index contributed by atoms with van der Waals surface area (Å²) in [4.78, 5) is 13.0. The van der Waals surface area contributed by atoms with Crippen LogP contribution in [0.5, 0.6) is 0 Å². The Hall–Kier alpha value is -3.12. The van der Waals surface area contributed by atoms with E-state index in [1.165, 1.54) is 12.1 Å². The number of rotatable bonds is 8. The minimum Gasteiger partial charge on any atom is -0.459 e. The van der Waals surface area contributed by atoms with Crippen LogP contribution in [0.25, 0.3) is 0 Å². The molecule has 6 heteroatoms. The summed E-state index contributed by atoms with van der Waals surface area (Å²) < 4.78 is 50.0. The molecule has 0 fully saturated rings. The van der Waals surface area contributed by atoms with Crippen molar-refractivity contribution < 1.29 is 27.4 Å². The molecule has 0 N–H and O–H groups in total. The van der Waals surface area contributed by atoms with E-state index < -0.39 is 29.7 Å². The average molecular weight is 428 g/mol. The van der Waals surface area contributed by atoms with Crippen molar-refractivity contribution in [3.63, 3.8) is 0 Å². The Kier molecular flexibility index (Phi) is 7.47. The molecular weight excluding hydrogens is 405 g/mol. The van der Waals surface area contributed by atoms with Crippen molar-refractivity contribution in [2.24, 2.45) is 0 Å². The number of halogens is 3. The van der Waals surface area contributed by atoms with Crippen molar-refractivity contribution in [3.05, 3.63) is 107 Å². The number of hydrogen-bond donors (Lipinski definition) is 0. The van der Waals surface area contributed by atoms with Gasteiger partial charge in [-0.1, -0.05) is 72.8 Å². The van der Waals surface area contributed by atoms with Gasteiger partial charge in [0.15, 0.2) is 6.10 Å². The predicted octanol–water partition coefficient (Wildman–Crippen LogP) is 5.99. The molecule has 0 aromatic heterocycles. The summed E-state index contributed by atoms with van der Waals surface area (Å²) in [6.07, 6.45) is -5.40. The van der Waals surface area contributed by atoms with Crippen LogP contribution in [0.3, 0.4) is 0 Å². The van der Waals surface area contributed by atoms with E-state index in [1.807, 2.05) is 60.7 Å². The topological polar surface area (TPSA) is 35.5 Å². The first-order valence-corrected chi connectivity index (χ1v) is 9.94. The van der Waals surface area contributed by atoms with Crippen LogP contribution in [0.15, 0.2) is 84.9 Å². The molecule has 0 saturated heterocycles. The molecular formula is C25H23F3O3. The highest BCUT2D eigenvalue weighted by Gasteiger charge is 2.33. The van der Waals surface area contributed by atoms with E-state index in [0.717, 1.165) is 23.3 Å². The van der Waals surface area contributed by atoms with E-state index in [1.54, 1.807) is 6.92 Å². The number of hydrogen-bond acceptors (Lipinski definition) is 3. The van der Waals surface area contributed by atoms with Gasteiger partial charge in [0.05, 0.1) is 5.56 Å². The summed E-state index contributed by atoms with van der Waals surface area (Å²) in [6, 6.07) is 23.6. The van der Waals surface area contributed by atoms with Crippen LogP contribution in [0, 0.1) is 0 Å². The van der Waals surface area contributed by atoms with Crippen LogP contribution >= 0.6 is 0 Å². The van der Waals surface area contributed by atoms with Gasteiger partial charge in [0, 0.05) is 12.5 Å². The van der Waals surface area contributed by atoms with Crippen molar-refractivity contribution in [2.75, 3.05) is 6.61 Å². The second kappa shape index (κ2) is 10.3. The predicted molar refractivity (Wildman–Crippen MR) is 111 cm³/mol. The molecule has 0 aliphatic heterocycles. The maximum absolute atomic E-state index is 13.0. The first-order chi connectivity index (χ1) is 14.9. The Labute approximate surface area is 179 Å². The van der Waals surface area contributed by atoms with E-state index in [4.69, 9.17) is 9.47 Å². The van der Waals surface area contributed by atoms with Gasteiger partial charge in [-0.25, -0.2) is 4.79 Å². The van der Waals surface area contributed by atoms with E-state index in [-0.39, 0.29) is 18.8 Å². The summed E-state index contributed by atoms with van der Waals surface area (Å²) in [5, 5.41) is 0. The number of carbonyl (C=O) groups is 1. The quantitative estimate of drug-likeness (QED) is 0.414. The van der Waals surface area contributed by atoms with Crippen LogP contribution in [-0.4, -0.2) is 18.7 Å². The minimum atomic E-state index is -4.46. The molecule has 0 bridgehead atoms. The van der Waals surface area contributed by atoms with Crippen LogP contribution in [0.4, 0.5) is 13.2 Å². The van der Waals surface area contributed by atoms with E-state index in [9.17, 15) is 18.0 Å². The molecule has 0 amide bonds. The van der Waals surface area contributed by atoms with Crippen molar-refractivity contribution in [3.8, 4) is 0 Å². The summed E-state index contributed by atoms with van der Waals surface area (Å²) in [5.74, 6) is -1.05. The molecule has 162 valence electrons. The Morgan fingerprint density at radius 2 is 1.45 bits per heavy atom. The molecule has 3 aromatic carbocycles. The van der Waals surface area contributed by atoms with Crippen molar-refractivity contribution in [1.29, 1.82) is 0 Å². The normalized spacial score (nSPS) is 12.5. The van der Waals surface area contributed by atoms with Gasteiger partial charge in [-0.2, -0.15) is 13.2 Å². The highest BCUT2D eigenvalue weighted by Crippen LogP contribution is 2.32. The van der Waals surface area contributed by atoms with Crippen molar-refractivity contribution in [2.45, 2.75) is 31.7 Å². The van der Waals surface area contributed by atoms with E-state index >= 15 is 0 Å². The Balaban J connectivity index is 1.84. The van der Waals surface area contributed by atoms with Gasteiger partial charge >= 0.3 is 12.1 Å². The molecule has 0 aliphatic carbocycles. The van der Waals surface area contributed by atoms with Gasteiger partial charge in [0.1, 0.15) is 6.61 Å². The lowest BCUT2D eigenvalue weighted by molar-refractivity contribution is -0.159. The zero-order valence-corrected chi connectivity index (χ0v) is 17.0. The Morgan fingerprint density at radius 3 is 1.97 bits per heavy atom. The molecule has 0 heterocycles. The summed E-state index contributed by atoms with van der Waals surface area (Å²) in [6.45, 7) is 1.78. The molecule has 3 rings (SSSR count). The molecule has 31 heavy (non-hydrogen) atoms. The SMILES string of the molecule is CCOC(C(=O)OCc1cccc(C(F)(F)F)c1)C(c1ccccc1)c1ccccc1. The second-order valence-electron chi connectivity index (χ2n) is 6.98. The van der Waals surface area contributed by atoms with Gasteiger partial charge in [-0.05, 0) is 35.7 Å². The summed E-state index contributed by atoms with van der Waals surface area (Å²) in [7, 11) is 0. The number of esters is 1. The zero-order chi connectivity index (χ0) is 22.3. The number of benzene rings is 3. The lowest BCUT2D eigenvalue weighted by Gasteiger charge is -2.26. The molecule has 1 unspecified atom stereocenters.